The van der Waals surface area contributed by atoms with Crippen LogP contribution in [0.25, 0.3) is 0 Å². The van der Waals surface area contributed by atoms with E-state index in [0.717, 1.165) is 75.0 Å². The second kappa shape index (κ2) is 12.3. The van der Waals surface area contributed by atoms with E-state index < -0.39 is 17.8 Å². The van der Waals surface area contributed by atoms with Crippen LogP contribution in [0, 0.1) is 11.7 Å². The number of nitrogens with zero attached hydrogens (tertiary/aromatic N) is 2. The van der Waals surface area contributed by atoms with E-state index in [2.05, 4.69) is 17.4 Å². The van der Waals surface area contributed by atoms with Crippen molar-refractivity contribution < 1.29 is 23.8 Å². The minimum Gasteiger partial charge on any atom is -0.480 e. The zero-order chi connectivity index (χ0) is 25.6. The summed E-state index contributed by atoms with van der Waals surface area (Å²) in [4.78, 5) is 19.1. The highest BCUT2D eigenvalue weighted by molar-refractivity contribution is 5.76. The molecule has 3 aliphatic heterocycles. The number of pyridine rings is 1. The number of aromatic nitrogens is 1. The molecule has 0 radical (unpaired) electrons. The lowest BCUT2D eigenvalue weighted by Crippen LogP contribution is -2.34. The van der Waals surface area contributed by atoms with Gasteiger partial charge in [-0.3, -0.25) is 9.69 Å². The molecule has 2 saturated heterocycles. The van der Waals surface area contributed by atoms with E-state index in [1.807, 2.05) is 4.90 Å². The van der Waals surface area contributed by atoms with Crippen molar-refractivity contribution in [2.75, 3.05) is 44.8 Å². The van der Waals surface area contributed by atoms with Crippen LogP contribution in [0.2, 0.25) is 0 Å². The Morgan fingerprint density at radius 1 is 1.22 bits per heavy atom. The van der Waals surface area contributed by atoms with Gasteiger partial charge in [0, 0.05) is 38.4 Å². The third-order valence-electron chi connectivity index (χ3n) is 7.91. The van der Waals surface area contributed by atoms with Gasteiger partial charge in [0.05, 0.1) is 12.7 Å². The first-order chi connectivity index (χ1) is 18.1. The lowest BCUT2D eigenvalue weighted by Gasteiger charge is -2.30. The van der Waals surface area contributed by atoms with Gasteiger partial charge >= 0.3 is 5.97 Å². The van der Waals surface area contributed by atoms with E-state index in [0.29, 0.717) is 44.4 Å². The molecule has 2 N–H and O–H groups in total. The van der Waals surface area contributed by atoms with Gasteiger partial charge in [0.2, 0.25) is 0 Å². The molecule has 0 amide bonds. The predicted octanol–water partition coefficient (Wildman–Crippen LogP) is 4.92. The van der Waals surface area contributed by atoms with Crippen molar-refractivity contribution in [3.05, 3.63) is 58.5 Å². The lowest BCUT2D eigenvalue weighted by atomic mass is 9.92. The molecule has 0 spiro atoms. The zero-order valence-corrected chi connectivity index (χ0v) is 21.5. The fourth-order valence-electron chi connectivity index (χ4n) is 5.92. The molecule has 0 bridgehead atoms. The fraction of sp³-hybridized carbons (Fsp3) is 0.586. The van der Waals surface area contributed by atoms with Crippen molar-refractivity contribution in [1.82, 2.24) is 9.88 Å². The molecule has 0 aliphatic carbocycles. The first kappa shape index (κ1) is 26.1. The second-order valence-electron chi connectivity index (χ2n) is 10.5. The third kappa shape index (κ3) is 6.48. The highest BCUT2D eigenvalue weighted by Crippen LogP contribution is 2.37. The van der Waals surface area contributed by atoms with Crippen LogP contribution >= 0.6 is 0 Å². The number of fused-ring (bicyclic) bond motifs is 1. The molecule has 1 unspecified atom stereocenters. The number of likely N-dealkylation sites (tertiary alicyclic amines) is 1. The molecule has 4 heterocycles. The van der Waals surface area contributed by atoms with E-state index in [9.17, 15) is 14.3 Å². The number of benzene rings is 1. The van der Waals surface area contributed by atoms with Crippen LogP contribution in [0.5, 0.6) is 0 Å². The SMILES string of the molecule is O=C(O)C(c1cc(F)ccc1[C@@H]1CCCCO1)N1CC[C@@H](CCOCCc2ccc3c(n2)NCCC3)C1. The number of carboxylic acids is 1. The number of halogens is 1. The van der Waals surface area contributed by atoms with Gasteiger partial charge < -0.3 is 19.9 Å². The summed E-state index contributed by atoms with van der Waals surface area (Å²) in [6.07, 6.45) is 7.51. The number of ether oxygens (including phenoxy) is 2. The number of hydrogen-bond donors (Lipinski definition) is 2. The van der Waals surface area contributed by atoms with Gasteiger partial charge in [0.25, 0.3) is 0 Å². The normalized spacial score (nSPS) is 22.8. The van der Waals surface area contributed by atoms with E-state index >= 15 is 0 Å². The minimum atomic E-state index is -0.938. The van der Waals surface area contributed by atoms with Crippen LogP contribution in [-0.4, -0.2) is 60.4 Å². The Hall–Kier alpha value is -2.55. The molecule has 1 aromatic heterocycles. The van der Waals surface area contributed by atoms with Crippen LogP contribution in [0.3, 0.4) is 0 Å². The van der Waals surface area contributed by atoms with Crippen molar-refractivity contribution in [3.8, 4) is 0 Å². The molecule has 2 fully saturated rings. The Kier molecular flexibility index (Phi) is 8.69. The first-order valence-corrected chi connectivity index (χ1v) is 13.8. The minimum absolute atomic E-state index is 0.168. The topological polar surface area (TPSA) is 83.9 Å². The van der Waals surface area contributed by atoms with Crippen molar-refractivity contribution in [2.24, 2.45) is 5.92 Å². The molecule has 5 rings (SSSR count). The van der Waals surface area contributed by atoms with Crippen LogP contribution < -0.4 is 5.32 Å². The molecule has 3 atom stereocenters. The average Bonchev–Trinajstić information content (AvgIpc) is 3.37. The van der Waals surface area contributed by atoms with Crippen molar-refractivity contribution in [2.45, 2.75) is 63.5 Å². The Morgan fingerprint density at radius 2 is 2.14 bits per heavy atom. The van der Waals surface area contributed by atoms with E-state index in [1.54, 1.807) is 6.07 Å². The van der Waals surface area contributed by atoms with Crippen LogP contribution in [0.4, 0.5) is 10.2 Å². The Morgan fingerprint density at radius 3 is 2.97 bits per heavy atom. The van der Waals surface area contributed by atoms with Crippen molar-refractivity contribution >= 4 is 11.8 Å². The average molecular weight is 512 g/mol. The predicted molar refractivity (Wildman–Crippen MR) is 139 cm³/mol. The largest absolute Gasteiger partial charge is 0.480 e. The number of carbonyl (C=O) groups is 1. The van der Waals surface area contributed by atoms with E-state index in [1.165, 1.54) is 17.7 Å². The van der Waals surface area contributed by atoms with Gasteiger partial charge in [-0.1, -0.05) is 12.1 Å². The number of hydrogen-bond acceptors (Lipinski definition) is 6. The number of rotatable bonds is 10. The molecular formula is C29H38FN3O4. The molecule has 2 aromatic rings. The van der Waals surface area contributed by atoms with Gasteiger partial charge in [-0.05, 0) is 92.3 Å². The summed E-state index contributed by atoms with van der Waals surface area (Å²) in [5.74, 6) is 0.0240. The Labute approximate surface area is 218 Å². The highest BCUT2D eigenvalue weighted by Gasteiger charge is 2.36. The highest BCUT2D eigenvalue weighted by atomic mass is 19.1. The molecule has 37 heavy (non-hydrogen) atoms. The smallest absolute Gasteiger partial charge is 0.325 e. The zero-order valence-electron chi connectivity index (χ0n) is 21.5. The molecule has 1 aromatic carbocycles. The van der Waals surface area contributed by atoms with Crippen LogP contribution in [0.1, 0.15) is 73.1 Å². The summed E-state index contributed by atoms with van der Waals surface area (Å²) in [7, 11) is 0. The lowest BCUT2D eigenvalue weighted by molar-refractivity contribution is -0.143. The molecule has 3 aliphatic rings. The summed E-state index contributed by atoms with van der Waals surface area (Å²) in [5.41, 5.74) is 3.67. The van der Waals surface area contributed by atoms with Gasteiger partial charge in [-0.15, -0.1) is 0 Å². The van der Waals surface area contributed by atoms with Crippen LogP contribution in [0.15, 0.2) is 30.3 Å². The number of aryl methyl sites for hydroxylation is 1. The maximum atomic E-state index is 14.3. The van der Waals surface area contributed by atoms with Crippen molar-refractivity contribution in [1.29, 1.82) is 0 Å². The standard InChI is InChI=1S/C29H38FN3O4/c30-22-7-9-24(26-5-1-2-15-37-26)25(18-22)27(29(34)35)33-14-10-20(19-33)11-16-36-17-12-23-8-6-21-4-3-13-31-28(21)32-23/h6-9,18,20,26-27H,1-5,10-17,19H2,(H,31,32)(H,34,35)/t20-,26-,27?/m0/s1. The molecule has 7 nitrogen and oxygen atoms in total. The summed E-state index contributed by atoms with van der Waals surface area (Å²) in [6.45, 7) is 4.24. The Balaban J connectivity index is 1.13. The molecule has 0 saturated carbocycles. The number of carboxylic acid groups (broad SMARTS) is 1. The van der Waals surface area contributed by atoms with Crippen LogP contribution in [-0.2, 0) is 27.1 Å². The van der Waals surface area contributed by atoms with Gasteiger partial charge in [-0.25, -0.2) is 9.37 Å². The monoisotopic (exact) mass is 511 g/mol. The Bertz CT molecular complexity index is 1080. The summed E-state index contributed by atoms with van der Waals surface area (Å²) >= 11 is 0. The maximum Gasteiger partial charge on any atom is 0.325 e. The maximum absolute atomic E-state index is 14.3. The van der Waals surface area contributed by atoms with Gasteiger partial charge in [-0.2, -0.15) is 0 Å². The number of nitrogens with one attached hydrogen (secondary N) is 1. The third-order valence-corrected chi connectivity index (χ3v) is 7.91. The summed E-state index contributed by atoms with van der Waals surface area (Å²) in [6, 6.07) is 7.91. The fourth-order valence-corrected chi connectivity index (χ4v) is 5.92. The number of aliphatic carboxylic acids is 1. The summed E-state index contributed by atoms with van der Waals surface area (Å²) in [5, 5.41) is 13.5. The first-order valence-electron chi connectivity index (χ1n) is 13.8. The quantitative estimate of drug-likeness (QED) is 0.438. The molecule has 8 heteroatoms. The molecular weight excluding hydrogens is 473 g/mol. The second-order valence-corrected chi connectivity index (χ2v) is 10.5. The van der Waals surface area contributed by atoms with Crippen molar-refractivity contribution in [3.63, 3.8) is 0 Å². The number of anilines is 1. The van der Waals surface area contributed by atoms with Gasteiger partial charge in [0.15, 0.2) is 0 Å². The summed E-state index contributed by atoms with van der Waals surface area (Å²) < 4.78 is 26.1. The van der Waals surface area contributed by atoms with E-state index in [4.69, 9.17) is 14.5 Å². The van der Waals surface area contributed by atoms with Gasteiger partial charge in [0.1, 0.15) is 17.7 Å². The van der Waals surface area contributed by atoms with E-state index in [-0.39, 0.29) is 6.10 Å². The molecule has 200 valence electrons.